The summed E-state index contributed by atoms with van der Waals surface area (Å²) < 4.78 is 16.2. The highest BCUT2D eigenvalue weighted by Gasteiger charge is 2.35. The maximum absolute atomic E-state index is 12.6. The molecule has 1 atom stereocenters. The molecular weight excluding hydrogens is 370 g/mol. The molecular formula is C22H23N3O4. The first-order valence-electron chi connectivity index (χ1n) is 9.43. The molecule has 7 nitrogen and oxygen atoms in total. The van der Waals surface area contributed by atoms with Crippen LogP contribution < -0.4 is 14.4 Å². The molecule has 3 aromatic rings. The van der Waals surface area contributed by atoms with E-state index < -0.39 is 0 Å². The van der Waals surface area contributed by atoms with E-state index in [2.05, 4.69) is 16.2 Å². The van der Waals surface area contributed by atoms with Crippen molar-refractivity contribution in [3.8, 4) is 22.9 Å². The lowest BCUT2D eigenvalue weighted by atomic mass is 10.1. The maximum atomic E-state index is 12.6. The van der Waals surface area contributed by atoms with Crippen molar-refractivity contribution in [2.45, 2.75) is 26.2 Å². The molecule has 0 aliphatic carbocycles. The van der Waals surface area contributed by atoms with E-state index in [1.165, 1.54) is 0 Å². The van der Waals surface area contributed by atoms with E-state index in [0.29, 0.717) is 41.7 Å². The number of anilines is 1. The Morgan fingerprint density at radius 2 is 1.83 bits per heavy atom. The third kappa shape index (κ3) is 3.68. The second-order valence-electron chi connectivity index (χ2n) is 7.27. The molecule has 1 aromatic heterocycles. The van der Waals surface area contributed by atoms with E-state index >= 15 is 0 Å². The number of carbonyl (C=O) groups is 1. The van der Waals surface area contributed by atoms with Gasteiger partial charge in [0.05, 0.1) is 25.7 Å². The average Bonchev–Trinajstić information content (AvgIpc) is 3.33. The van der Waals surface area contributed by atoms with Gasteiger partial charge in [-0.05, 0) is 49.2 Å². The van der Waals surface area contributed by atoms with Gasteiger partial charge in [0.1, 0.15) is 11.5 Å². The zero-order valence-corrected chi connectivity index (χ0v) is 16.9. The predicted molar refractivity (Wildman–Crippen MR) is 108 cm³/mol. The fourth-order valence-corrected chi connectivity index (χ4v) is 3.72. The van der Waals surface area contributed by atoms with Crippen LogP contribution in [0.1, 0.15) is 29.4 Å². The molecule has 0 unspecified atom stereocenters. The lowest BCUT2D eigenvalue weighted by Gasteiger charge is -2.17. The maximum Gasteiger partial charge on any atom is 0.232 e. The highest BCUT2D eigenvalue weighted by molar-refractivity contribution is 5.96. The van der Waals surface area contributed by atoms with Crippen molar-refractivity contribution in [2.24, 2.45) is 0 Å². The Balaban J connectivity index is 1.58. The number of hydrogen-bond donors (Lipinski definition) is 0. The molecule has 0 N–H and O–H groups in total. The summed E-state index contributed by atoms with van der Waals surface area (Å²) in [5.74, 6) is 2.07. The molecule has 0 radical (unpaired) electrons. The van der Waals surface area contributed by atoms with Crippen LogP contribution in [0.25, 0.3) is 11.4 Å². The molecule has 0 spiro atoms. The molecule has 1 fully saturated rings. The predicted octanol–water partition coefficient (Wildman–Crippen LogP) is 3.89. The van der Waals surface area contributed by atoms with Crippen LogP contribution >= 0.6 is 0 Å². The van der Waals surface area contributed by atoms with Gasteiger partial charge in [0.25, 0.3) is 0 Å². The Morgan fingerprint density at radius 1 is 1.07 bits per heavy atom. The van der Waals surface area contributed by atoms with Gasteiger partial charge in [0.15, 0.2) is 0 Å². The monoisotopic (exact) mass is 393 g/mol. The lowest BCUT2D eigenvalue weighted by Crippen LogP contribution is -2.24. The minimum absolute atomic E-state index is 0.0572. The summed E-state index contributed by atoms with van der Waals surface area (Å²) in [6.45, 7) is 4.57. The molecule has 1 saturated heterocycles. The van der Waals surface area contributed by atoms with Gasteiger partial charge < -0.3 is 18.9 Å². The molecule has 7 heteroatoms. The number of methoxy groups -OCH3 is 2. The fraction of sp³-hybridized carbons (Fsp3) is 0.318. The molecule has 2 aromatic carbocycles. The van der Waals surface area contributed by atoms with Crippen molar-refractivity contribution >= 4 is 11.6 Å². The van der Waals surface area contributed by atoms with Crippen LogP contribution in [0.3, 0.4) is 0 Å². The standard InChI is InChI=1S/C22H23N3O4/c1-13-7-14(2)9-16(8-13)25-12-15(10-20(25)26)22-23-21(24-29-22)18-6-5-17(27-3)11-19(18)28-4/h5-9,11,15H,10,12H2,1-4H3/t15-/m1/s1. The second kappa shape index (κ2) is 7.58. The van der Waals surface area contributed by atoms with Gasteiger partial charge in [-0.25, -0.2) is 0 Å². The van der Waals surface area contributed by atoms with E-state index in [4.69, 9.17) is 14.0 Å². The second-order valence-corrected chi connectivity index (χ2v) is 7.27. The quantitative estimate of drug-likeness (QED) is 0.654. The largest absolute Gasteiger partial charge is 0.497 e. The number of aromatic nitrogens is 2. The number of nitrogens with zero attached hydrogens (tertiary/aromatic N) is 3. The Hall–Kier alpha value is -3.35. The van der Waals surface area contributed by atoms with E-state index in [9.17, 15) is 4.79 Å². The van der Waals surface area contributed by atoms with Crippen LogP contribution in [0.15, 0.2) is 40.9 Å². The molecule has 0 bridgehead atoms. The summed E-state index contributed by atoms with van der Waals surface area (Å²) in [7, 11) is 3.18. The van der Waals surface area contributed by atoms with E-state index in [0.717, 1.165) is 16.8 Å². The first kappa shape index (κ1) is 19.0. The normalized spacial score (nSPS) is 16.3. The molecule has 2 heterocycles. The zero-order valence-electron chi connectivity index (χ0n) is 16.9. The smallest absolute Gasteiger partial charge is 0.232 e. The van der Waals surface area contributed by atoms with Gasteiger partial charge in [-0.2, -0.15) is 4.98 Å². The number of amides is 1. The fourth-order valence-electron chi connectivity index (χ4n) is 3.72. The summed E-state index contributed by atoms with van der Waals surface area (Å²) in [5.41, 5.74) is 3.87. The minimum atomic E-state index is -0.145. The summed E-state index contributed by atoms with van der Waals surface area (Å²) in [5, 5.41) is 4.11. The number of aryl methyl sites for hydroxylation is 2. The first-order chi connectivity index (χ1) is 14.0. The Morgan fingerprint density at radius 3 is 2.52 bits per heavy atom. The Labute approximate surface area is 169 Å². The van der Waals surface area contributed by atoms with Crippen molar-refractivity contribution in [3.05, 3.63) is 53.4 Å². The third-order valence-corrected chi connectivity index (χ3v) is 5.08. The molecule has 150 valence electrons. The summed E-state index contributed by atoms with van der Waals surface area (Å²) in [6, 6.07) is 11.5. The Kier molecular flexibility index (Phi) is 4.96. The van der Waals surface area contributed by atoms with Gasteiger partial charge in [0.2, 0.25) is 17.6 Å². The first-order valence-corrected chi connectivity index (χ1v) is 9.43. The van der Waals surface area contributed by atoms with E-state index in [-0.39, 0.29) is 11.8 Å². The van der Waals surface area contributed by atoms with Crippen LogP contribution in [0.4, 0.5) is 5.69 Å². The zero-order chi connectivity index (χ0) is 20.5. The molecule has 4 rings (SSSR count). The minimum Gasteiger partial charge on any atom is -0.497 e. The molecule has 1 aliphatic rings. The van der Waals surface area contributed by atoms with Crippen molar-refractivity contribution in [2.75, 3.05) is 25.7 Å². The van der Waals surface area contributed by atoms with Gasteiger partial charge >= 0.3 is 0 Å². The molecule has 1 aliphatic heterocycles. The summed E-state index contributed by atoms with van der Waals surface area (Å²) in [4.78, 5) is 19.0. The van der Waals surface area contributed by atoms with E-state index in [1.807, 2.05) is 38.1 Å². The third-order valence-electron chi connectivity index (χ3n) is 5.08. The van der Waals surface area contributed by atoms with Crippen molar-refractivity contribution < 1.29 is 18.8 Å². The van der Waals surface area contributed by atoms with Gasteiger partial charge in [-0.15, -0.1) is 0 Å². The summed E-state index contributed by atoms with van der Waals surface area (Å²) in [6.07, 6.45) is 0.342. The number of benzene rings is 2. The lowest BCUT2D eigenvalue weighted by molar-refractivity contribution is -0.117. The van der Waals surface area contributed by atoms with Gasteiger partial charge in [-0.3, -0.25) is 4.79 Å². The van der Waals surface area contributed by atoms with Crippen LogP contribution in [-0.4, -0.2) is 36.8 Å². The topological polar surface area (TPSA) is 77.7 Å². The van der Waals surface area contributed by atoms with Crippen molar-refractivity contribution in [1.82, 2.24) is 10.1 Å². The SMILES string of the molecule is COc1ccc(-c2noc([C@@H]3CC(=O)N(c4cc(C)cc(C)c4)C3)n2)c(OC)c1. The molecule has 1 amide bonds. The van der Waals surface area contributed by atoms with Crippen molar-refractivity contribution in [1.29, 1.82) is 0 Å². The van der Waals surface area contributed by atoms with Gasteiger partial charge in [-0.1, -0.05) is 11.2 Å². The van der Waals surface area contributed by atoms with Crippen LogP contribution in [-0.2, 0) is 4.79 Å². The van der Waals surface area contributed by atoms with Crippen LogP contribution in [0.2, 0.25) is 0 Å². The number of ether oxygens (including phenoxy) is 2. The summed E-state index contributed by atoms with van der Waals surface area (Å²) >= 11 is 0. The van der Waals surface area contributed by atoms with E-state index in [1.54, 1.807) is 25.2 Å². The van der Waals surface area contributed by atoms with Crippen LogP contribution in [0, 0.1) is 13.8 Å². The average molecular weight is 393 g/mol. The van der Waals surface area contributed by atoms with Gasteiger partial charge in [0, 0.05) is 24.7 Å². The van der Waals surface area contributed by atoms with Crippen molar-refractivity contribution in [3.63, 3.8) is 0 Å². The van der Waals surface area contributed by atoms with Crippen LogP contribution in [0.5, 0.6) is 11.5 Å². The number of carbonyl (C=O) groups excluding carboxylic acids is 1. The molecule has 29 heavy (non-hydrogen) atoms. The molecule has 0 saturated carbocycles. The number of hydrogen-bond acceptors (Lipinski definition) is 6. The highest BCUT2D eigenvalue weighted by Crippen LogP contribution is 2.35. The highest BCUT2D eigenvalue weighted by atomic mass is 16.5. The number of rotatable bonds is 5. The Bertz CT molecular complexity index is 1040.